The monoisotopic (exact) mass is 348 g/mol. The molecule has 0 radical (unpaired) electrons. The average Bonchev–Trinajstić information content (AvgIpc) is 2.75. The van der Waals surface area contributed by atoms with E-state index in [2.05, 4.69) is 26.2 Å². The molecule has 0 bridgehead atoms. The fourth-order valence-electron chi connectivity index (χ4n) is 2.43. The van der Waals surface area contributed by atoms with Gasteiger partial charge in [0.2, 0.25) is 0 Å². The van der Waals surface area contributed by atoms with E-state index in [4.69, 9.17) is 0 Å². The molecule has 0 saturated heterocycles. The maximum Gasteiger partial charge on any atom is 0.267 e. The second-order valence-corrected chi connectivity index (χ2v) is 8.26. The maximum atomic E-state index is 12.0. The van der Waals surface area contributed by atoms with Crippen LogP contribution in [0, 0.1) is 0 Å². The van der Waals surface area contributed by atoms with Gasteiger partial charge in [-0.15, -0.1) is 0 Å². The number of carbonyl (C=O) groups is 1. The Bertz CT molecular complexity index is 567. The molecule has 19 heavy (non-hydrogen) atoms. The normalized spacial score (nSPS) is 24.1. The molecule has 1 saturated carbocycles. The van der Waals surface area contributed by atoms with E-state index in [0.717, 1.165) is 17.3 Å². The lowest BCUT2D eigenvalue weighted by molar-refractivity contribution is 0.0923. The van der Waals surface area contributed by atoms with Crippen molar-refractivity contribution in [3.05, 3.63) is 22.4 Å². The predicted octanol–water partition coefficient (Wildman–Crippen LogP) is 1.86. The Morgan fingerprint density at radius 3 is 2.79 bits per heavy atom. The largest absolute Gasteiger partial charge is 0.356 e. The molecule has 0 aliphatic heterocycles. The molecule has 2 N–H and O–H groups in total. The van der Waals surface area contributed by atoms with Crippen molar-refractivity contribution in [1.82, 2.24) is 10.3 Å². The van der Waals surface area contributed by atoms with E-state index < -0.39 is 9.84 Å². The van der Waals surface area contributed by atoms with Crippen LogP contribution in [0.1, 0.15) is 36.2 Å². The lowest BCUT2D eigenvalue weighted by Gasteiger charge is -2.28. The summed E-state index contributed by atoms with van der Waals surface area (Å²) in [4.78, 5) is 14.8. The summed E-state index contributed by atoms with van der Waals surface area (Å²) in [5, 5.41) is 2.56. The fraction of sp³-hybridized carbons (Fsp3) is 0.583. The van der Waals surface area contributed by atoms with Crippen LogP contribution in [-0.4, -0.2) is 36.9 Å². The molecule has 2 atom stereocenters. The Balaban J connectivity index is 1.98. The number of hydrogen-bond acceptors (Lipinski definition) is 3. The van der Waals surface area contributed by atoms with Gasteiger partial charge in [-0.25, -0.2) is 8.42 Å². The molecular formula is C12H17BrN2O3S. The number of carbonyl (C=O) groups excluding carboxylic acids is 1. The first-order valence-electron chi connectivity index (χ1n) is 6.20. The van der Waals surface area contributed by atoms with Gasteiger partial charge in [-0.1, -0.05) is 6.42 Å². The van der Waals surface area contributed by atoms with Gasteiger partial charge in [-0.3, -0.25) is 4.79 Å². The molecule has 1 fully saturated rings. The molecule has 0 aromatic carbocycles. The molecule has 1 heterocycles. The van der Waals surface area contributed by atoms with E-state index in [9.17, 15) is 13.2 Å². The Morgan fingerprint density at radius 1 is 1.47 bits per heavy atom. The molecular weight excluding hydrogens is 332 g/mol. The number of amides is 1. The first kappa shape index (κ1) is 14.6. The number of sulfone groups is 1. The summed E-state index contributed by atoms with van der Waals surface area (Å²) in [6, 6.07) is 1.63. The first-order valence-corrected chi connectivity index (χ1v) is 8.94. The highest BCUT2D eigenvalue weighted by Gasteiger charge is 2.29. The zero-order chi connectivity index (χ0) is 14.0. The molecule has 1 aliphatic carbocycles. The number of H-pyrrole nitrogens is 1. The molecule has 7 heteroatoms. The zero-order valence-corrected chi connectivity index (χ0v) is 13.1. The lowest BCUT2D eigenvalue weighted by Crippen LogP contribution is -2.41. The minimum Gasteiger partial charge on any atom is -0.356 e. The van der Waals surface area contributed by atoms with Crippen molar-refractivity contribution in [3.8, 4) is 0 Å². The molecule has 1 aromatic rings. The van der Waals surface area contributed by atoms with Crippen LogP contribution in [0.5, 0.6) is 0 Å². The topological polar surface area (TPSA) is 79.0 Å². The SMILES string of the molecule is CS(=O)(=O)[C@@H]1CCC[C@@H](NC(=O)c2cc(Br)c[nH]2)C1. The number of aromatic amines is 1. The highest BCUT2D eigenvalue weighted by atomic mass is 79.9. The van der Waals surface area contributed by atoms with Crippen molar-refractivity contribution in [2.75, 3.05) is 6.26 Å². The second-order valence-electron chi connectivity index (χ2n) is 5.02. The van der Waals surface area contributed by atoms with E-state index >= 15 is 0 Å². The minimum absolute atomic E-state index is 0.0666. The van der Waals surface area contributed by atoms with E-state index in [1.165, 1.54) is 6.26 Å². The summed E-state index contributed by atoms with van der Waals surface area (Å²) in [6.07, 6.45) is 5.82. The smallest absolute Gasteiger partial charge is 0.267 e. The van der Waals surface area contributed by atoms with Crippen molar-refractivity contribution in [3.63, 3.8) is 0 Å². The van der Waals surface area contributed by atoms with E-state index in [1.54, 1.807) is 12.3 Å². The third-order valence-electron chi connectivity index (χ3n) is 3.46. The second kappa shape index (κ2) is 5.66. The zero-order valence-electron chi connectivity index (χ0n) is 10.6. The highest BCUT2D eigenvalue weighted by Crippen LogP contribution is 2.24. The van der Waals surface area contributed by atoms with Crippen molar-refractivity contribution in [1.29, 1.82) is 0 Å². The summed E-state index contributed by atoms with van der Waals surface area (Å²) in [5.41, 5.74) is 0.480. The first-order chi connectivity index (χ1) is 8.86. The van der Waals surface area contributed by atoms with E-state index in [1.807, 2.05) is 0 Å². The Kier molecular flexibility index (Phi) is 4.35. The van der Waals surface area contributed by atoms with Crippen LogP contribution in [-0.2, 0) is 9.84 Å². The number of hydrogen-bond donors (Lipinski definition) is 2. The van der Waals surface area contributed by atoms with Gasteiger partial charge >= 0.3 is 0 Å². The standard InChI is InChI=1S/C12H17BrN2O3S/c1-19(17,18)10-4-2-3-9(6-10)15-12(16)11-5-8(13)7-14-11/h5,7,9-10,14H,2-4,6H2,1H3,(H,15,16)/t9-,10-/m1/s1. The molecule has 0 spiro atoms. The summed E-state index contributed by atoms with van der Waals surface area (Å²) in [7, 11) is -3.02. The van der Waals surface area contributed by atoms with Gasteiger partial charge in [0.25, 0.3) is 5.91 Å². The summed E-state index contributed by atoms with van der Waals surface area (Å²) in [5.74, 6) is -0.190. The Hall–Kier alpha value is -0.820. The van der Waals surface area contributed by atoms with Gasteiger partial charge in [0, 0.05) is 23.0 Å². The lowest BCUT2D eigenvalue weighted by atomic mass is 9.95. The Morgan fingerprint density at radius 2 is 2.21 bits per heavy atom. The van der Waals surface area contributed by atoms with Crippen LogP contribution in [0.4, 0.5) is 0 Å². The fourth-order valence-corrected chi connectivity index (χ4v) is 3.95. The average molecular weight is 349 g/mol. The van der Waals surface area contributed by atoms with Crippen LogP contribution in [0.3, 0.4) is 0 Å². The summed E-state index contributed by atoms with van der Waals surface area (Å²) < 4.78 is 23.9. The van der Waals surface area contributed by atoms with Crippen LogP contribution < -0.4 is 5.32 Å². The number of halogens is 1. The van der Waals surface area contributed by atoms with Crippen molar-refractivity contribution in [2.24, 2.45) is 0 Å². The Labute approximate surface area is 121 Å². The molecule has 0 unspecified atom stereocenters. The highest BCUT2D eigenvalue weighted by molar-refractivity contribution is 9.10. The predicted molar refractivity (Wildman–Crippen MR) is 76.8 cm³/mol. The van der Waals surface area contributed by atoms with Crippen LogP contribution in [0.15, 0.2) is 16.7 Å². The number of nitrogens with one attached hydrogen (secondary N) is 2. The molecule has 1 amide bonds. The van der Waals surface area contributed by atoms with Gasteiger partial charge in [-0.05, 0) is 41.3 Å². The van der Waals surface area contributed by atoms with Crippen molar-refractivity contribution >= 4 is 31.7 Å². The molecule has 1 aliphatic rings. The van der Waals surface area contributed by atoms with Crippen molar-refractivity contribution < 1.29 is 13.2 Å². The van der Waals surface area contributed by atoms with Gasteiger partial charge in [0.1, 0.15) is 15.5 Å². The molecule has 2 rings (SSSR count). The minimum atomic E-state index is -3.02. The van der Waals surface area contributed by atoms with Gasteiger partial charge in [-0.2, -0.15) is 0 Å². The van der Waals surface area contributed by atoms with Gasteiger partial charge < -0.3 is 10.3 Å². The van der Waals surface area contributed by atoms with Crippen molar-refractivity contribution in [2.45, 2.75) is 37.0 Å². The molecule has 5 nitrogen and oxygen atoms in total. The summed E-state index contributed by atoms with van der Waals surface area (Å²) in [6.45, 7) is 0. The van der Waals surface area contributed by atoms with E-state index in [0.29, 0.717) is 18.5 Å². The van der Waals surface area contributed by atoms with Crippen LogP contribution >= 0.6 is 15.9 Å². The third-order valence-corrected chi connectivity index (χ3v) is 5.56. The van der Waals surface area contributed by atoms with E-state index in [-0.39, 0.29) is 17.2 Å². The molecule has 1 aromatic heterocycles. The van der Waals surface area contributed by atoms with Crippen LogP contribution in [0.2, 0.25) is 0 Å². The van der Waals surface area contributed by atoms with Gasteiger partial charge in [0.15, 0.2) is 0 Å². The molecule has 106 valence electrons. The quantitative estimate of drug-likeness (QED) is 0.874. The summed E-state index contributed by atoms with van der Waals surface area (Å²) >= 11 is 3.27. The van der Waals surface area contributed by atoms with Gasteiger partial charge in [0.05, 0.1) is 5.25 Å². The number of rotatable bonds is 3. The third kappa shape index (κ3) is 3.82. The van der Waals surface area contributed by atoms with Crippen LogP contribution in [0.25, 0.3) is 0 Å². The maximum absolute atomic E-state index is 12.0. The number of aromatic nitrogens is 1.